The average Bonchev–Trinajstić information content (AvgIpc) is 3.36. The third-order valence-corrected chi connectivity index (χ3v) is 8.26. The van der Waals surface area contributed by atoms with Crippen LogP contribution in [0.15, 0.2) is 78.0 Å². The fourth-order valence-electron chi connectivity index (χ4n) is 4.37. The summed E-state index contributed by atoms with van der Waals surface area (Å²) >= 11 is 0. The minimum Gasteiger partial charge on any atom is -0.493 e. The second-order valence-electron chi connectivity index (χ2n) is 8.36. The second kappa shape index (κ2) is 9.63. The van der Waals surface area contributed by atoms with Gasteiger partial charge in [0, 0.05) is 43.5 Å². The van der Waals surface area contributed by atoms with Crippen molar-refractivity contribution in [2.24, 2.45) is 0 Å². The van der Waals surface area contributed by atoms with E-state index in [2.05, 4.69) is 4.98 Å². The van der Waals surface area contributed by atoms with Gasteiger partial charge in [0.1, 0.15) is 6.33 Å². The Morgan fingerprint density at radius 3 is 2.25 bits per heavy atom. The molecule has 1 fully saturated rings. The lowest BCUT2D eigenvalue weighted by Gasteiger charge is -2.34. The third-order valence-electron chi connectivity index (χ3n) is 6.36. The zero-order valence-electron chi connectivity index (χ0n) is 20.0. The number of aromatic nitrogens is 2. The molecule has 1 aromatic heterocycles. The summed E-state index contributed by atoms with van der Waals surface area (Å²) in [5, 5.41) is 0. The minimum atomic E-state index is -3.73. The molecule has 0 atom stereocenters. The van der Waals surface area contributed by atoms with Gasteiger partial charge >= 0.3 is 0 Å². The lowest BCUT2D eigenvalue weighted by atomic mass is 10.1. The first kappa shape index (κ1) is 23.8. The molecule has 0 aliphatic carbocycles. The molecule has 2 heterocycles. The van der Waals surface area contributed by atoms with Crippen LogP contribution in [0.4, 0.5) is 0 Å². The van der Waals surface area contributed by atoms with E-state index >= 15 is 0 Å². The molecule has 0 spiro atoms. The smallest absolute Gasteiger partial charge is 0.253 e. The highest BCUT2D eigenvalue weighted by molar-refractivity contribution is 7.89. The van der Waals surface area contributed by atoms with E-state index in [-0.39, 0.29) is 23.9 Å². The number of piperazine rings is 1. The molecule has 0 unspecified atom stereocenters. The number of sulfonamides is 1. The Morgan fingerprint density at radius 1 is 0.861 bits per heavy atom. The Kier molecular flexibility index (Phi) is 6.38. The van der Waals surface area contributed by atoms with E-state index in [0.29, 0.717) is 30.2 Å². The largest absolute Gasteiger partial charge is 0.493 e. The summed E-state index contributed by atoms with van der Waals surface area (Å²) in [6, 6.07) is 19.7. The Bertz CT molecular complexity index is 1510. The van der Waals surface area contributed by atoms with Crippen molar-refractivity contribution in [1.82, 2.24) is 18.8 Å². The van der Waals surface area contributed by atoms with Gasteiger partial charge in [-0.2, -0.15) is 4.31 Å². The van der Waals surface area contributed by atoms with Crippen molar-refractivity contribution >= 4 is 27.0 Å². The Balaban J connectivity index is 1.26. The maximum absolute atomic E-state index is 13.2. The highest BCUT2D eigenvalue weighted by Crippen LogP contribution is 2.31. The lowest BCUT2D eigenvalue weighted by Crippen LogP contribution is -2.50. The van der Waals surface area contributed by atoms with Crippen LogP contribution in [0, 0.1) is 0 Å². The SMILES string of the molecule is COc1ccc(S(=O)(=O)N2CCN(C(=O)c3ccc(-n4cnc5ccccc54)cc3)CC2)cc1OC. The highest BCUT2D eigenvalue weighted by Gasteiger charge is 2.31. The van der Waals surface area contributed by atoms with E-state index < -0.39 is 10.0 Å². The van der Waals surface area contributed by atoms with Crippen molar-refractivity contribution in [1.29, 1.82) is 0 Å². The monoisotopic (exact) mass is 506 g/mol. The second-order valence-corrected chi connectivity index (χ2v) is 10.3. The zero-order valence-corrected chi connectivity index (χ0v) is 20.8. The van der Waals surface area contributed by atoms with Crippen LogP contribution in [-0.2, 0) is 10.0 Å². The lowest BCUT2D eigenvalue weighted by molar-refractivity contribution is 0.0698. The van der Waals surface area contributed by atoms with Gasteiger partial charge in [0.15, 0.2) is 11.5 Å². The summed E-state index contributed by atoms with van der Waals surface area (Å²) in [5.41, 5.74) is 3.35. The molecule has 1 saturated heterocycles. The fraction of sp³-hybridized carbons (Fsp3) is 0.231. The number of ether oxygens (including phenoxy) is 2. The number of imidazole rings is 1. The predicted molar refractivity (Wildman–Crippen MR) is 135 cm³/mol. The van der Waals surface area contributed by atoms with E-state index in [9.17, 15) is 13.2 Å². The third kappa shape index (κ3) is 4.29. The maximum Gasteiger partial charge on any atom is 0.253 e. The Labute approximate surface area is 209 Å². The number of para-hydroxylation sites is 2. The number of fused-ring (bicyclic) bond motifs is 1. The topological polar surface area (TPSA) is 94.0 Å². The molecule has 4 aromatic rings. The van der Waals surface area contributed by atoms with E-state index in [1.807, 2.05) is 41.0 Å². The number of nitrogens with zero attached hydrogens (tertiary/aromatic N) is 4. The van der Waals surface area contributed by atoms with E-state index in [1.165, 1.54) is 30.7 Å². The minimum absolute atomic E-state index is 0.125. The number of hydrogen-bond acceptors (Lipinski definition) is 6. The number of methoxy groups -OCH3 is 2. The van der Waals surface area contributed by atoms with Gasteiger partial charge < -0.3 is 14.4 Å². The summed E-state index contributed by atoms with van der Waals surface area (Å²) in [7, 11) is -0.774. The zero-order chi connectivity index (χ0) is 25.3. The number of carbonyl (C=O) groups excluding carboxylic acids is 1. The van der Waals surface area contributed by atoms with E-state index in [0.717, 1.165) is 16.7 Å². The quantitative estimate of drug-likeness (QED) is 0.399. The van der Waals surface area contributed by atoms with Crippen LogP contribution in [-0.4, -0.2) is 73.5 Å². The molecule has 0 radical (unpaired) electrons. The molecule has 0 saturated carbocycles. The molecule has 186 valence electrons. The molecule has 3 aromatic carbocycles. The van der Waals surface area contributed by atoms with Gasteiger partial charge in [-0.25, -0.2) is 13.4 Å². The first-order chi connectivity index (χ1) is 17.4. The van der Waals surface area contributed by atoms with Crippen LogP contribution in [0.25, 0.3) is 16.7 Å². The van der Waals surface area contributed by atoms with Gasteiger partial charge in [0.2, 0.25) is 10.0 Å². The van der Waals surface area contributed by atoms with Crippen LogP contribution in [0.5, 0.6) is 11.5 Å². The molecule has 10 heteroatoms. The average molecular weight is 507 g/mol. The first-order valence-corrected chi connectivity index (χ1v) is 12.9. The number of hydrogen-bond donors (Lipinski definition) is 0. The number of amides is 1. The summed E-state index contributed by atoms with van der Waals surface area (Å²) in [6.07, 6.45) is 1.76. The maximum atomic E-state index is 13.2. The van der Waals surface area contributed by atoms with Crippen molar-refractivity contribution in [3.05, 3.63) is 78.6 Å². The molecule has 1 amide bonds. The van der Waals surface area contributed by atoms with Crippen molar-refractivity contribution < 1.29 is 22.7 Å². The molecule has 1 aliphatic heterocycles. The molecule has 1 aliphatic rings. The standard InChI is InChI=1S/C26H26N4O5S/c1-34-24-12-11-21(17-25(24)35-2)36(32,33)29-15-13-28(14-16-29)26(31)19-7-9-20(10-8-19)30-18-27-22-5-3-4-6-23(22)30/h3-12,17-18H,13-16H2,1-2H3. The highest BCUT2D eigenvalue weighted by atomic mass is 32.2. The molecule has 5 rings (SSSR count). The molecule has 0 bridgehead atoms. The summed E-state index contributed by atoms with van der Waals surface area (Å²) < 4.78 is 40.1. The number of carbonyl (C=O) groups is 1. The van der Waals surface area contributed by atoms with Crippen LogP contribution < -0.4 is 9.47 Å². The molecule has 0 N–H and O–H groups in total. The van der Waals surface area contributed by atoms with Crippen LogP contribution in [0.2, 0.25) is 0 Å². The van der Waals surface area contributed by atoms with Crippen molar-refractivity contribution in [3.8, 4) is 17.2 Å². The summed E-state index contributed by atoms with van der Waals surface area (Å²) in [5.74, 6) is 0.679. The Morgan fingerprint density at radius 2 is 1.56 bits per heavy atom. The van der Waals surface area contributed by atoms with Gasteiger partial charge in [-0.15, -0.1) is 0 Å². The van der Waals surface area contributed by atoms with Gasteiger partial charge in [-0.05, 0) is 48.5 Å². The number of benzene rings is 3. The van der Waals surface area contributed by atoms with Gasteiger partial charge in [0.05, 0.1) is 30.1 Å². The molecule has 9 nitrogen and oxygen atoms in total. The van der Waals surface area contributed by atoms with Gasteiger partial charge in [-0.1, -0.05) is 12.1 Å². The first-order valence-electron chi connectivity index (χ1n) is 11.5. The van der Waals surface area contributed by atoms with Crippen molar-refractivity contribution in [2.45, 2.75) is 4.90 Å². The van der Waals surface area contributed by atoms with Crippen LogP contribution in [0.3, 0.4) is 0 Å². The van der Waals surface area contributed by atoms with E-state index in [1.54, 1.807) is 29.4 Å². The molecule has 36 heavy (non-hydrogen) atoms. The summed E-state index contributed by atoms with van der Waals surface area (Å²) in [6.45, 7) is 1.03. The van der Waals surface area contributed by atoms with E-state index in [4.69, 9.17) is 9.47 Å². The van der Waals surface area contributed by atoms with Crippen LogP contribution >= 0.6 is 0 Å². The normalized spacial score (nSPS) is 14.7. The molecular formula is C26H26N4O5S. The van der Waals surface area contributed by atoms with Gasteiger partial charge in [-0.3, -0.25) is 9.36 Å². The van der Waals surface area contributed by atoms with Crippen molar-refractivity contribution in [2.75, 3.05) is 40.4 Å². The molecular weight excluding hydrogens is 480 g/mol. The predicted octanol–water partition coefficient (Wildman–Crippen LogP) is 3.19. The van der Waals surface area contributed by atoms with Crippen LogP contribution in [0.1, 0.15) is 10.4 Å². The summed E-state index contributed by atoms with van der Waals surface area (Å²) in [4.78, 5) is 19.3. The fourth-order valence-corrected chi connectivity index (χ4v) is 5.81. The van der Waals surface area contributed by atoms with Crippen molar-refractivity contribution in [3.63, 3.8) is 0 Å². The Hall–Kier alpha value is -3.89. The number of rotatable bonds is 6. The van der Waals surface area contributed by atoms with Gasteiger partial charge in [0.25, 0.3) is 5.91 Å².